The zero-order chi connectivity index (χ0) is 12.0. The Labute approximate surface area is 110 Å². The topological polar surface area (TPSA) is 45.8 Å². The average molecular weight is 285 g/mol. The van der Waals surface area contributed by atoms with Gasteiger partial charge in [0.15, 0.2) is 4.84 Å². The smallest absolute Gasteiger partial charge is 0.268 e. The lowest BCUT2D eigenvalue weighted by Crippen LogP contribution is -2.09. The number of alkyl halides is 2. The molecule has 0 amide bonds. The number of aromatic amines is 1. The number of benzene rings is 1. The molecule has 1 N–H and O–H groups in total. The number of H-pyrrole nitrogens is 1. The van der Waals surface area contributed by atoms with Gasteiger partial charge in [0.1, 0.15) is 10.5 Å². The molecule has 0 aliphatic carbocycles. The molecule has 0 saturated heterocycles. The number of aromatic nitrogens is 2. The maximum absolute atomic E-state index is 11.9. The van der Waals surface area contributed by atoms with Gasteiger partial charge in [-0.15, -0.1) is 11.3 Å². The largest absolute Gasteiger partial charge is 0.307 e. The van der Waals surface area contributed by atoms with E-state index in [1.807, 2.05) is 24.3 Å². The second-order valence-electron chi connectivity index (χ2n) is 3.53. The molecule has 6 heteroatoms. The van der Waals surface area contributed by atoms with Crippen molar-refractivity contribution in [3.63, 3.8) is 0 Å². The number of hydrogen-bond acceptors (Lipinski definition) is 3. The van der Waals surface area contributed by atoms with Crippen LogP contribution < -0.4 is 5.56 Å². The van der Waals surface area contributed by atoms with Gasteiger partial charge in [0.25, 0.3) is 5.56 Å². The maximum atomic E-state index is 11.9. The lowest BCUT2D eigenvalue weighted by Gasteiger charge is -1.99. The van der Waals surface area contributed by atoms with Crippen molar-refractivity contribution in [1.82, 2.24) is 9.97 Å². The summed E-state index contributed by atoms with van der Waals surface area (Å²) >= 11 is 12.9. The number of rotatable bonds is 1. The third-order valence-electron chi connectivity index (χ3n) is 2.46. The Morgan fingerprint density at radius 3 is 2.82 bits per heavy atom. The molecule has 0 aliphatic rings. The summed E-state index contributed by atoms with van der Waals surface area (Å²) in [5.41, 5.74) is 0.466. The molecule has 0 aliphatic heterocycles. The third kappa shape index (κ3) is 1.73. The van der Waals surface area contributed by atoms with E-state index in [4.69, 9.17) is 23.2 Å². The van der Waals surface area contributed by atoms with Crippen LogP contribution in [-0.4, -0.2) is 9.97 Å². The summed E-state index contributed by atoms with van der Waals surface area (Å²) in [6, 6.07) is 7.73. The summed E-state index contributed by atoms with van der Waals surface area (Å²) in [4.78, 5) is 17.9. The van der Waals surface area contributed by atoms with E-state index in [0.717, 1.165) is 10.1 Å². The molecule has 0 unspecified atom stereocenters. The zero-order valence-electron chi connectivity index (χ0n) is 8.41. The molecule has 0 spiro atoms. The molecule has 0 fully saturated rings. The van der Waals surface area contributed by atoms with Crippen molar-refractivity contribution in [3.8, 4) is 0 Å². The van der Waals surface area contributed by atoms with Crippen molar-refractivity contribution in [2.75, 3.05) is 0 Å². The van der Waals surface area contributed by atoms with Gasteiger partial charge in [-0.3, -0.25) is 4.79 Å². The predicted molar refractivity (Wildman–Crippen MR) is 72.2 cm³/mol. The molecule has 0 bridgehead atoms. The van der Waals surface area contributed by atoms with E-state index < -0.39 is 4.84 Å². The van der Waals surface area contributed by atoms with Crippen LogP contribution in [0.15, 0.2) is 29.1 Å². The molecule has 86 valence electrons. The number of halogens is 2. The Morgan fingerprint density at radius 2 is 2.06 bits per heavy atom. The molecule has 3 aromatic rings. The van der Waals surface area contributed by atoms with Crippen molar-refractivity contribution in [1.29, 1.82) is 0 Å². The highest BCUT2D eigenvalue weighted by Crippen LogP contribution is 2.31. The molecule has 2 aromatic heterocycles. The summed E-state index contributed by atoms with van der Waals surface area (Å²) in [6.07, 6.45) is 0. The zero-order valence-corrected chi connectivity index (χ0v) is 10.7. The van der Waals surface area contributed by atoms with E-state index in [0.29, 0.717) is 10.2 Å². The van der Waals surface area contributed by atoms with Crippen LogP contribution >= 0.6 is 34.5 Å². The molecule has 3 rings (SSSR count). The van der Waals surface area contributed by atoms with Gasteiger partial charge >= 0.3 is 0 Å². The van der Waals surface area contributed by atoms with Gasteiger partial charge in [0, 0.05) is 10.1 Å². The highest BCUT2D eigenvalue weighted by Gasteiger charge is 2.13. The normalized spacial score (nSPS) is 11.7. The van der Waals surface area contributed by atoms with Crippen molar-refractivity contribution in [3.05, 3.63) is 40.4 Å². The molecule has 1 aromatic carbocycles. The van der Waals surface area contributed by atoms with E-state index in [1.54, 1.807) is 0 Å². The monoisotopic (exact) mass is 284 g/mol. The average Bonchev–Trinajstić information content (AvgIpc) is 2.68. The van der Waals surface area contributed by atoms with E-state index in [-0.39, 0.29) is 11.4 Å². The van der Waals surface area contributed by atoms with Gasteiger partial charge < -0.3 is 4.98 Å². The van der Waals surface area contributed by atoms with Gasteiger partial charge in [-0.1, -0.05) is 41.4 Å². The van der Waals surface area contributed by atoms with Gasteiger partial charge in [-0.05, 0) is 6.07 Å². The van der Waals surface area contributed by atoms with Crippen LogP contribution in [0, 0.1) is 0 Å². The minimum atomic E-state index is -0.828. The Kier molecular flexibility index (Phi) is 2.58. The highest BCUT2D eigenvalue weighted by atomic mass is 35.5. The van der Waals surface area contributed by atoms with Crippen LogP contribution in [0.1, 0.15) is 10.7 Å². The van der Waals surface area contributed by atoms with Crippen molar-refractivity contribution >= 4 is 54.8 Å². The Morgan fingerprint density at radius 1 is 1.29 bits per heavy atom. The highest BCUT2D eigenvalue weighted by molar-refractivity contribution is 7.25. The van der Waals surface area contributed by atoms with Crippen LogP contribution in [-0.2, 0) is 0 Å². The Hall–Kier alpha value is -1.10. The summed E-state index contributed by atoms with van der Waals surface area (Å²) in [6.45, 7) is 0. The summed E-state index contributed by atoms with van der Waals surface area (Å²) < 4.78 is 1.63. The maximum Gasteiger partial charge on any atom is 0.268 e. The first kappa shape index (κ1) is 11.0. The van der Waals surface area contributed by atoms with E-state index in [9.17, 15) is 4.79 Å². The summed E-state index contributed by atoms with van der Waals surface area (Å²) in [5.74, 6) is 0.286. The minimum Gasteiger partial charge on any atom is -0.307 e. The summed E-state index contributed by atoms with van der Waals surface area (Å²) in [7, 11) is 0. The van der Waals surface area contributed by atoms with Gasteiger partial charge in [-0.25, -0.2) is 4.98 Å². The SMILES string of the molecule is O=c1[nH]c(C(Cl)Cl)nc2c1sc1ccccc12. The number of thiophene rings is 1. The fraction of sp³-hybridized carbons (Fsp3) is 0.0909. The standard InChI is InChI=1S/C11H6Cl2N2OS/c12-9(13)10-14-7-5-3-1-2-4-6(5)17-8(7)11(16)15-10/h1-4,9H,(H,14,15,16). The number of nitrogens with one attached hydrogen (secondary N) is 1. The first-order valence-corrected chi connectivity index (χ1v) is 6.55. The van der Waals surface area contributed by atoms with Crippen molar-refractivity contribution in [2.24, 2.45) is 0 Å². The van der Waals surface area contributed by atoms with E-state index >= 15 is 0 Å². The fourth-order valence-electron chi connectivity index (χ4n) is 1.72. The van der Waals surface area contributed by atoms with E-state index in [2.05, 4.69) is 9.97 Å². The van der Waals surface area contributed by atoms with Crippen LogP contribution in [0.4, 0.5) is 0 Å². The quantitative estimate of drug-likeness (QED) is 0.694. The third-order valence-corrected chi connectivity index (χ3v) is 4.03. The first-order valence-electron chi connectivity index (χ1n) is 4.86. The van der Waals surface area contributed by atoms with Crippen LogP contribution in [0.5, 0.6) is 0 Å². The predicted octanol–water partition coefficient (Wildman–Crippen LogP) is 3.61. The molecule has 17 heavy (non-hydrogen) atoms. The van der Waals surface area contributed by atoms with Crippen LogP contribution in [0.25, 0.3) is 20.3 Å². The second kappa shape index (κ2) is 3.98. The lowest BCUT2D eigenvalue weighted by atomic mass is 10.2. The van der Waals surface area contributed by atoms with Crippen molar-refractivity contribution < 1.29 is 0 Å². The van der Waals surface area contributed by atoms with Crippen LogP contribution in [0.2, 0.25) is 0 Å². The number of hydrogen-bond donors (Lipinski definition) is 1. The van der Waals surface area contributed by atoms with Gasteiger partial charge in [-0.2, -0.15) is 0 Å². The Bertz CT molecular complexity index is 763. The molecule has 0 saturated carbocycles. The van der Waals surface area contributed by atoms with Crippen molar-refractivity contribution in [2.45, 2.75) is 4.84 Å². The molecule has 3 nitrogen and oxygen atoms in total. The second-order valence-corrected chi connectivity index (χ2v) is 5.68. The van der Waals surface area contributed by atoms with Gasteiger partial charge in [0.05, 0.1) is 5.52 Å². The molecule has 2 heterocycles. The first-order chi connectivity index (χ1) is 8.16. The van der Waals surface area contributed by atoms with E-state index in [1.165, 1.54) is 11.3 Å². The molecule has 0 radical (unpaired) electrons. The molecule has 0 atom stereocenters. The lowest BCUT2D eigenvalue weighted by molar-refractivity contribution is 1.02. The van der Waals surface area contributed by atoms with Crippen LogP contribution in [0.3, 0.4) is 0 Å². The number of nitrogens with zero attached hydrogens (tertiary/aromatic N) is 1. The number of fused-ring (bicyclic) bond motifs is 3. The summed E-state index contributed by atoms with van der Waals surface area (Å²) in [5, 5.41) is 0.953. The van der Waals surface area contributed by atoms with Gasteiger partial charge in [0.2, 0.25) is 0 Å². The Balaban J connectivity index is 2.50. The molecular formula is C11H6Cl2N2OS. The minimum absolute atomic E-state index is 0.197. The molecular weight excluding hydrogens is 279 g/mol. The fourth-order valence-corrected chi connectivity index (χ4v) is 2.97.